The van der Waals surface area contributed by atoms with Crippen LogP contribution < -0.4 is 0 Å². The standard InChI is InChI=1S/C11H11F3O/c12-11(13,14)7-8-1-3-9(4-2-8)10(15)5-6-10/h1-4,15H,5-7H2. The van der Waals surface area contributed by atoms with Crippen molar-refractivity contribution in [2.75, 3.05) is 0 Å². The molecule has 0 saturated heterocycles. The van der Waals surface area contributed by atoms with Gasteiger partial charge in [-0.25, -0.2) is 0 Å². The Morgan fingerprint density at radius 1 is 1.13 bits per heavy atom. The highest BCUT2D eigenvalue weighted by Gasteiger charge is 2.42. The number of hydrogen-bond donors (Lipinski definition) is 1. The van der Waals surface area contributed by atoms with E-state index < -0.39 is 18.2 Å². The summed E-state index contributed by atoms with van der Waals surface area (Å²) >= 11 is 0. The molecule has 0 spiro atoms. The molecule has 15 heavy (non-hydrogen) atoms. The molecule has 82 valence electrons. The van der Waals surface area contributed by atoms with Gasteiger partial charge in [0.1, 0.15) is 0 Å². The zero-order valence-electron chi connectivity index (χ0n) is 8.01. The Kier molecular flexibility index (Phi) is 2.26. The van der Waals surface area contributed by atoms with Crippen molar-refractivity contribution in [3.8, 4) is 0 Å². The summed E-state index contributed by atoms with van der Waals surface area (Å²) in [6.45, 7) is 0. The molecule has 2 rings (SSSR count). The van der Waals surface area contributed by atoms with Crippen molar-refractivity contribution < 1.29 is 18.3 Å². The van der Waals surface area contributed by atoms with Gasteiger partial charge in [0.25, 0.3) is 0 Å². The van der Waals surface area contributed by atoms with Crippen LogP contribution in [0.1, 0.15) is 24.0 Å². The molecule has 0 aromatic heterocycles. The van der Waals surface area contributed by atoms with Crippen LogP contribution in [0.25, 0.3) is 0 Å². The van der Waals surface area contributed by atoms with E-state index in [4.69, 9.17) is 0 Å². The zero-order valence-corrected chi connectivity index (χ0v) is 8.01. The second-order valence-electron chi connectivity index (χ2n) is 4.02. The van der Waals surface area contributed by atoms with E-state index in [2.05, 4.69) is 0 Å². The summed E-state index contributed by atoms with van der Waals surface area (Å²) < 4.78 is 36.1. The first-order valence-corrected chi connectivity index (χ1v) is 4.78. The van der Waals surface area contributed by atoms with Crippen LogP contribution in [-0.2, 0) is 12.0 Å². The number of rotatable bonds is 2. The number of alkyl halides is 3. The van der Waals surface area contributed by atoms with Crippen molar-refractivity contribution in [2.24, 2.45) is 0 Å². The maximum Gasteiger partial charge on any atom is 0.393 e. The third kappa shape index (κ3) is 2.50. The number of hydrogen-bond acceptors (Lipinski definition) is 1. The average Bonchev–Trinajstić information content (AvgIpc) is 2.83. The zero-order chi connectivity index (χ0) is 11.1. The van der Waals surface area contributed by atoms with Crippen molar-refractivity contribution >= 4 is 0 Å². The molecular formula is C11H11F3O. The van der Waals surface area contributed by atoms with Crippen LogP contribution in [-0.4, -0.2) is 11.3 Å². The largest absolute Gasteiger partial charge is 0.393 e. The highest BCUT2D eigenvalue weighted by molar-refractivity contribution is 5.30. The molecule has 1 aromatic rings. The van der Waals surface area contributed by atoms with E-state index >= 15 is 0 Å². The van der Waals surface area contributed by atoms with Crippen molar-refractivity contribution in [2.45, 2.75) is 31.0 Å². The highest BCUT2D eigenvalue weighted by atomic mass is 19.4. The van der Waals surface area contributed by atoms with E-state index in [1.165, 1.54) is 12.1 Å². The Labute approximate surface area is 85.5 Å². The van der Waals surface area contributed by atoms with Crippen LogP contribution in [0.15, 0.2) is 24.3 Å². The van der Waals surface area contributed by atoms with Gasteiger partial charge in [0, 0.05) is 0 Å². The van der Waals surface area contributed by atoms with Crippen LogP contribution >= 0.6 is 0 Å². The summed E-state index contributed by atoms with van der Waals surface area (Å²) in [6.07, 6.45) is -3.68. The maximum absolute atomic E-state index is 12.0. The lowest BCUT2D eigenvalue weighted by atomic mass is 10.0. The predicted octanol–water partition coefficient (Wildman–Crippen LogP) is 2.77. The second kappa shape index (κ2) is 3.23. The third-order valence-electron chi connectivity index (χ3n) is 2.62. The van der Waals surface area contributed by atoms with Gasteiger partial charge in [-0.1, -0.05) is 24.3 Å². The molecule has 1 aliphatic carbocycles. The Morgan fingerprint density at radius 2 is 1.67 bits per heavy atom. The van der Waals surface area contributed by atoms with Gasteiger partial charge in [0.15, 0.2) is 0 Å². The first-order chi connectivity index (χ1) is 6.89. The van der Waals surface area contributed by atoms with Crippen LogP contribution in [0.3, 0.4) is 0 Å². The Morgan fingerprint density at radius 3 is 2.07 bits per heavy atom. The maximum atomic E-state index is 12.0. The SMILES string of the molecule is OC1(c2ccc(CC(F)(F)F)cc2)CC1. The van der Waals surface area contributed by atoms with Gasteiger partial charge in [0.2, 0.25) is 0 Å². The minimum absolute atomic E-state index is 0.232. The number of halogens is 3. The molecule has 0 heterocycles. The van der Waals surface area contributed by atoms with Gasteiger partial charge in [-0.2, -0.15) is 13.2 Å². The first kappa shape index (κ1) is 10.5. The van der Waals surface area contributed by atoms with Crippen LogP contribution in [0.5, 0.6) is 0 Å². The summed E-state index contributed by atoms with van der Waals surface area (Å²) in [6, 6.07) is 6.01. The van der Waals surface area contributed by atoms with E-state index in [1.807, 2.05) is 0 Å². The van der Waals surface area contributed by atoms with Gasteiger partial charge in [0.05, 0.1) is 12.0 Å². The van der Waals surface area contributed by atoms with Gasteiger partial charge in [-0.05, 0) is 24.0 Å². The Hall–Kier alpha value is -1.03. The van der Waals surface area contributed by atoms with Crippen molar-refractivity contribution in [3.05, 3.63) is 35.4 Å². The molecule has 0 amide bonds. The lowest BCUT2D eigenvalue weighted by molar-refractivity contribution is -0.127. The van der Waals surface area contributed by atoms with E-state index in [-0.39, 0.29) is 5.56 Å². The summed E-state index contributed by atoms with van der Waals surface area (Å²) in [5, 5.41) is 9.70. The van der Waals surface area contributed by atoms with Crippen molar-refractivity contribution in [1.82, 2.24) is 0 Å². The molecule has 0 aliphatic heterocycles. The predicted molar refractivity (Wildman–Crippen MR) is 49.3 cm³/mol. The van der Waals surface area contributed by atoms with Gasteiger partial charge in [-0.3, -0.25) is 0 Å². The fourth-order valence-electron chi connectivity index (χ4n) is 1.57. The van der Waals surface area contributed by atoms with Crippen LogP contribution in [0.4, 0.5) is 13.2 Å². The minimum atomic E-state index is -4.17. The lowest BCUT2D eigenvalue weighted by Gasteiger charge is -2.10. The molecule has 0 unspecified atom stereocenters. The summed E-state index contributed by atoms with van der Waals surface area (Å²) in [5.74, 6) is 0. The molecule has 1 nitrogen and oxygen atoms in total. The Bertz CT molecular complexity index is 349. The molecule has 1 saturated carbocycles. The van der Waals surface area contributed by atoms with E-state index in [9.17, 15) is 18.3 Å². The topological polar surface area (TPSA) is 20.2 Å². The summed E-state index contributed by atoms with van der Waals surface area (Å²) in [5.41, 5.74) is 0.181. The first-order valence-electron chi connectivity index (χ1n) is 4.78. The van der Waals surface area contributed by atoms with Gasteiger partial charge >= 0.3 is 6.18 Å². The number of benzene rings is 1. The molecule has 0 atom stereocenters. The molecular weight excluding hydrogens is 205 g/mol. The second-order valence-corrected chi connectivity index (χ2v) is 4.02. The van der Waals surface area contributed by atoms with Crippen molar-refractivity contribution in [1.29, 1.82) is 0 Å². The molecule has 0 radical (unpaired) electrons. The quantitative estimate of drug-likeness (QED) is 0.805. The molecule has 1 aromatic carbocycles. The third-order valence-corrected chi connectivity index (χ3v) is 2.62. The molecule has 1 aliphatic rings. The Balaban J connectivity index is 2.11. The van der Waals surface area contributed by atoms with Gasteiger partial charge in [-0.15, -0.1) is 0 Å². The van der Waals surface area contributed by atoms with Crippen LogP contribution in [0, 0.1) is 0 Å². The minimum Gasteiger partial charge on any atom is -0.385 e. The molecule has 1 fully saturated rings. The summed E-state index contributed by atoms with van der Waals surface area (Å²) in [4.78, 5) is 0. The van der Waals surface area contributed by atoms with E-state index in [0.717, 1.165) is 0 Å². The molecule has 1 N–H and O–H groups in total. The lowest BCUT2D eigenvalue weighted by Crippen LogP contribution is -2.12. The highest BCUT2D eigenvalue weighted by Crippen LogP contribution is 2.45. The van der Waals surface area contributed by atoms with Crippen molar-refractivity contribution in [3.63, 3.8) is 0 Å². The molecule has 0 bridgehead atoms. The average molecular weight is 216 g/mol. The normalized spacial score (nSPS) is 18.9. The molecule has 4 heteroatoms. The fraction of sp³-hybridized carbons (Fsp3) is 0.455. The van der Waals surface area contributed by atoms with Crippen LogP contribution in [0.2, 0.25) is 0 Å². The fourth-order valence-corrected chi connectivity index (χ4v) is 1.57. The van der Waals surface area contributed by atoms with Gasteiger partial charge < -0.3 is 5.11 Å². The van der Waals surface area contributed by atoms with E-state index in [1.54, 1.807) is 12.1 Å². The monoisotopic (exact) mass is 216 g/mol. The number of aliphatic hydroxyl groups is 1. The smallest absolute Gasteiger partial charge is 0.385 e. The summed E-state index contributed by atoms with van der Waals surface area (Å²) in [7, 11) is 0. The van der Waals surface area contributed by atoms with E-state index in [0.29, 0.717) is 18.4 Å².